The average molecular weight is 463 g/mol. The fraction of sp³-hybridized carbons (Fsp3) is 0.259. The smallest absolute Gasteiger partial charge is 0.260 e. The van der Waals surface area contributed by atoms with E-state index in [0.29, 0.717) is 29.4 Å². The molecular formula is C27H27ClN2O3. The molecule has 1 fully saturated rings. The summed E-state index contributed by atoms with van der Waals surface area (Å²) in [6.07, 6.45) is 1.44. The fourth-order valence-corrected chi connectivity index (χ4v) is 4.26. The molecule has 0 spiro atoms. The third kappa shape index (κ3) is 5.74. The third-order valence-electron chi connectivity index (χ3n) is 5.96. The zero-order valence-electron chi connectivity index (χ0n) is 18.6. The summed E-state index contributed by atoms with van der Waals surface area (Å²) in [6.45, 7) is 3.03. The summed E-state index contributed by atoms with van der Waals surface area (Å²) in [4.78, 5) is 26.9. The van der Waals surface area contributed by atoms with Gasteiger partial charge < -0.3 is 15.0 Å². The second kappa shape index (κ2) is 10.5. The van der Waals surface area contributed by atoms with Gasteiger partial charge in [0.1, 0.15) is 5.75 Å². The van der Waals surface area contributed by atoms with Crippen LogP contribution >= 0.6 is 11.6 Å². The monoisotopic (exact) mass is 462 g/mol. The number of nitrogens with zero attached hydrogens (tertiary/aromatic N) is 1. The van der Waals surface area contributed by atoms with Gasteiger partial charge in [0.05, 0.1) is 5.02 Å². The average Bonchev–Trinajstić information content (AvgIpc) is 2.84. The van der Waals surface area contributed by atoms with Crippen molar-refractivity contribution in [1.29, 1.82) is 0 Å². The van der Waals surface area contributed by atoms with Crippen LogP contribution in [0.1, 0.15) is 28.8 Å². The van der Waals surface area contributed by atoms with E-state index in [1.54, 1.807) is 11.0 Å². The Labute approximate surface area is 199 Å². The second-order valence-corrected chi connectivity index (χ2v) is 8.65. The van der Waals surface area contributed by atoms with Crippen LogP contribution in [-0.4, -0.2) is 42.5 Å². The Bertz CT molecular complexity index is 1130. The Morgan fingerprint density at radius 2 is 1.67 bits per heavy atom. The molecule has 170 valence electrons. The lowest BCUT2D eigenvalue weighted by atomic mass is 10.0. The molecule has 4 rings (SSSR count). The molecule has 3 aromatic rings. The van der Waals surface area contributed by atoms with E-state index in [4.69, 9.17) is 16.3 Å². The maximum atomic E-state index is 12.6. The van der Waals surface area contributed by atoms with Gasteiger partial charge in [0.2, 0.25) is 0 Å². The van der Waals surface area contributed by atoms with E-state index in [1.165, 1.54) is 0 Å². The molecule has 1 saturated heterocycles. The minimum absolute atomic E-state index is 0.0575. The van der Waals surface area contributed by atoms with Crippen LogP contribution < -0.4 is 10.1 Å². The summed E-state index contributed by atoms with van der Waals surface area (Å²) in [7, 11) is 0. The Hall–Kier alpha value is -3.31. The number of benzene rings is 3. The van der Waals surface area contributed by atoms with Crippen molar-refractivity contribution in [2.75, 3.05) is 19.7 Å². The molecule has 1 heterocycles. The summed E-state index contributed by atoms with van der Waals surface area (Å²) in [6, 6.07) is 23.1. The van der Waals surface area contributed by atoms with Crippen molar-refractivity contribution in [2.24, 2.45) is 0 Å². The summed E-state index contributed by atoms with van der Waals surface area (Å²) in [5, 5.41) is 3.57. The van der Waals surface area contributed by atoms with Gasteiger partial charge in [0.25, 0.3) is 11.8 Å². The lowest BCUT2D eigenvalue weighted by Gasteiger charge is -2.32. The van der Waals surface area contributed by atoms with E-state index in [9.17, 15) is 9.59 Å². The predicted octanol–water partition coefficient (Wildman–Crippen LogP) is 5.12. The maximum absolute atomic E-state index is 12.6. The number of amides is 2. The van der Waals surface area contributed by atoms with Crippen LogP contribution in [0.5, 0.6) is 5.75 Å². The first-order valence-corrected chi connectivity index (χ1v) is 11.5. The first kappa shape index (κ1) is 22.9. The molecular weight excluding hydrogens is 436 g/mol. The molecule has 6 heteroatoms. The van der Waals surface area contributed by atoms with Gasteiger partial charge in [-0.05, 0) is 54.7 Å². The van der Waals surface area contributed by atoms with Crippen LogP contribution in [0.2, 0.25) is 5.02 Å². The minimum Gasteiger partial charge on any atom is -0.482 e. The summed E-state index contributed by atoms with van der Waals surface area (Å²) >= 11 is 6.39. The van der Waals surface area contributed by atoms with Crippen LogP contribution in [0.3, 0.4) is 0 Å². The van der Waals surface area contributed by atoms with E-state index in [-0.39, 0.29) is 24.5 Å². The molecule has 0 saturated carbocycles. The molecule has 0 radical (unpaired) electrons. The van der Waals surface area contributed by atoms with Crippen molar-refractivity contribution in [2.45, 2.75) is 25.8 Å². The van der Waals surface area contributed by atoms with Crippen molar-refractivity contribution < 1.29 is 14.3 Å². The molecule has 0 aromatic heterocycles. The molecule has 0 atom stereocenters. The number of likely N-dealkylation sites (tertiary alicyclic amines) is 1. The van der Waals surface area contributed by atoms with E-state index < -0.39 is 0 Å². The summed E-state index contributed by atoms with van der Waals surface area (Å²) < 4.78 is 5.71. The van der Waals surface area contributed by atoms with E-state index in [2.05, 4.69) is 5.32 Å². The highest BCUT2D eigenvalue weighted by Gasteiger charge is 2.25. The highest BCUT2D eigenvalue weighted by atomic mass is 35.5. The van der Waals surface area contributed by atoms with Crippen molar-refractivity contribution >= 4 is 23.4 Å². The SMILES string of the molecule is Cc1ccccc1C(=O)NC1CCN(C(=O)COc2ccc(-c3ccccc3)cc2Cl)CC1. The van der Waals surface area contributed by atoms with Gasteiger partial charge in [-0.15, -0.1) is 0 Å². The topological polar surface area (TPSA) is 58.6 Å². The molecule has 0 unspecified atom stereocenters. The van der Waals surface area contributed by atoms with Crippen molar-refractivity contribution in [3.63, 3.8) is 0 Å². The lowest BCUT2D eigenvalue weighted by molar-refractivity contribution is -0.134. The number of rotatable bonds is 6. The third-order valence-corrected chi connectivity index (χ3v) is 6.26. The molecule has 0 bridgehead atoms. The predicted molar refractivity (Wildman–Crippen MR) is 131 cm³/mol. The van der Waals surface area contributed by atoms with Gasteiger partial charge in [0.15, 0.2) is 6.61 Å². The van der Waals surface area contributed by atoms with Crippen LogP contribution in [0, 0.1) is 6.92 Å². The fourth-order valence-electron chi connectivity index (χ4n) is 4.02. The van der Waals surface area contributed by atoms with Crippen molar-refractivity contribution in [3.05, 3.63) is 88.9 Å². The molecule has 1 N–H and O–H groups in total. The number of carbonyl (C=O) groups excluding carboxylic acids is 2. The molecule has 0 aliphatic carbocycles. The largest absolute Gasteiger partial charge is 0.482 e. The van der Waals surface area contributed by atoms with Crippen LogP contribution in [-0.2, 0) is 4.79 Å². The Morgan fingerprint density at radius 3 is 2.36 bits per heavy atom. The highest BCUT2D eigenvalue weighted by molar-refractivity contribution is 6.32. The number of hydrogen-bond donors (Lipinski definition) is 1. The van der Waals surface area contributed by atoms with Crippen molar-refractivity contribution in [3.8, 4) is 16.9 Å². The molecule has 33 heavy (non-hydrogen) atoms. The molecule has 2 amide bonds. The zero-order chi connectivity index (χ0) is 23.2. The number of piperidine rings is 1. The zero-order valence-corrected chi connectivity index (χ0v) is 19.3. The van der Waals surface area contributed by atoms with Gasteiger partial charge in [-0.25, -0.2) is 0 Å². The van der Waals surface area contributed by atoms with Crippen LogP contribution in [0.4, 0.5) is 0 Å². The van der Waals surface area contributed by atoms with Crippen LogP contribution in [0.15, 0.2) is 72.8 Å². The summed E-state index contributed by atoms with van der Waals surface area (Å²) in [5.41, 5.74) is 3.71. The highest BCUT2D eigenvalue weighted by Crippen LogP contribution is 2.30. The van der Waals surface area contributed by atoms with Crippen LogP contribution in [0.25, 0.3) is 11.1 Å². The molecule has 1 aliphatic heterocycles. The molecule has 3 aromatic carbocycles. The number of ether oxygens (including phenoxy) is 1. The number of aryl methyl sites for hydroxylation is 1. The molecule has 5 nitrogen and oxygen atoms in total. The van der Waals surface area contributed by atoms with Gasteiger partial charge in [-0.3, -0.25) is 9.59 Å². The first-order valence-electron chi connectivity index (χ1n) is 11.1. The second-order valence-electron chi connectivity index (χ2n) is 8.24. The van der Waals surface area contributed by atoms with Gasteiger partial charge in [-0.2, -0.15) is 0 Å². The van der Waals surface area contributed by atoms with Gasteiger partial charge >= 0.3 is 0 Å². The Balaban J connectivity index is 1.26. The Morgan fingerprint density at radius 1 is 0.970 bits per heavy atom. The van der Waals surface area contributed by atoms with Gasteiger partial charge in [-0.1, -0.05) is 66.2 Å². The lowest BCUT2D eigenvalue weighted by Crippen LogP contribution is -2.47. The van der Waals surface area contributed by atoms with Gasteiger partial charge in [0, 0.05) is 24.7 Å². The first-order chi connectivity index (χ1) is 16.0. The summed E-state index contributed by atoms with van der Waals surface area (Å²) in [5.74, 6) is 0.349. The van der Waals surface area contributed by atoms with E-state index in [1.807, 2.05) is 73.7 Å². The number of nitrogens with one attached hydrogen (secondary N) is 1. The van der Waals surface area contributed by atoms with E-state index >= 15 is 0 Å². The maximum Gasteiger partial charge on any atom is 0.260 e. The van der Waals surface area contributed by atoms with Crippen molar-refractivity contribution in [1.82, 2.24) is 10.2 Å². The number of halogens is 1. The number of carbonyl (C=O) groups is 2. The quantitative estimate of drug-likeness (QED) is 0.553. The minimum atomic E-state index is -0.0816. The standard InChI is InChI=1S/C27H27ClN2O3/c1-19-7-5-6-10-23(19)27(32)29-22-13-15-30(16-14-22)26(31)18-33-25-12-11-21(17-24(25)28)20-8-3-2-4-9-20/h2-12,17,22H,13-16,18H2,1H3,(H,29,32). The molecule has 1 aliphatic rings. The van der Waals surface area contributed by atoms with E-state index in [0.717, 1.165) is 29.5 Å². The normalized spacial score (nSPS) is 14.1. The Kier molecular flexibility index (Phi) is 7.30. The number of hydrogen-bond acceptors (Lipinski definition) is 3.